The van der Waals surface area contributed by atoms with Gasteiger partial charge in [0.05, 0.1) is 18.4 Å². The van der Waals surface area contributed by atoms with Gasteiger partial charge in [0.15, 0.2) is 0 Å². The summed E-state index contributed by atoms with van der Waals surface area (Å²) in [5, 5.41) is 3.11. The highest BCUT2D eigenvalue weighted by molar-refractivity contribution is 7.88. The molecule has 6 nitrogen and oxygen atoms in total. The number of nitrogens with one attached hydrogen (secondary N) is 1. The van der Waals surface area contributed by atoms with Crippen molar-refractivity contribution in [2.24, 2.45) is 0 Å². The van der Waals surface area contributed by atoms with E-state index in [1.54, 1.807) is 4.68 Å². The lowest BCUT2D eigenvalue weighted by Crippen LogP contribution is -2.36. The van der Waals surface area contributed by atoms with Gasteiger partial charge in [-0.05, 0) is 5.56 Å². The summed E-state index contributed by atoms with van der Waals surface area (Å²) in [5.41, 5.74) is 2.29. The molecule has 0 radical (unpaired) electrons. The molecule has 0 saturated carbocycles. The zero-order chi connectivity index (χ0) is 15.0. The van der Waals surface area contributed by atoms with Crippen molar-refractivity contribution in [2.75, 3.05) is 12.8 Å². The van der Waals surface area contributed by atoms with Gasteiger partial charge >= 0.3 is 0 Å². The molecule has 0 bridgehead atoms. The molecule has 2 aromatic rings. The summed E-state index contributed by atoms with van der Waals surface area (Å²) in [7, 11) is -3.26. The third kappa shape index (κ3) is 2.79. The summed E-state index contributed by atoms with van der Waals surface area (Å²) in [5.74, 6) is 0. The molecule has 1 aromatic heterocycles. The summed E-state index contributed by atoms with van der Waals surface area (Å²) in [6, 6.07) is 9.68. The first-order valence-corrected chi connectivity index (χ1v) is 8.59. The Morgan fingerprint density at radius 1 is 1.24 bits per heavy atom. The standard InChI is InChI=1S/C14H17N3O3S/c1-21(19,20)16-8-7-13-12(10-16)14(18)17(15-13)9-11-5-3-2-4-6-11/h2-6,15H,7-10H2,1H3. The largest absolute Gasteiger partial charge is 0.299 e. The fourth-order valence-corrected chi connectivity index (χ4v) is 3.38. The maximum atomic E-state index is 12.4. The Kier molecular flexibility index (Phi) is 3.46. The van der Waals surface area contributed by atoms with Gasteiger partial charge in [-0.1, -0.05) is 30.3 Å². The second-order valence-corrected chi connectivity index (χ2v) is 7.27. The molecular weight excluding hydrogens is 290 g/mol. The predicted octanol–water partition coefficient (Wildman–Crippen LogP) is 0.542. The van der Waals surface area contributed by atoms with Crippen LogP contribution in [0.5, 0.6) is 0 Å². The minimum atomic E-state index is -3.26. The van der Waals surface area contributed by atoms with Crippen LogP contribution >= 0.6 is 0 Å². The average molecular weight is 307 g/mol. The second kappa shape index (κ2) is 5.16. The van der Waals surface area contributed by atoms with Gasteiger partial charge in [0.2, 0.25) is 10.0 Å². The van der Waals surface area contributed by atoms with E-state index in [1.807, 2.05) is 30.3 Å². The van der Waals surface area contributed by atoms with E-state index in [4.69, 9.17) is 0 Å². The fourth-order valence-electron chi connectivity index (χ4n) is 2.60. The Hall–Kier alpha value is -1.86. The van der Waals surface area contributed by atoms with Crippen LogP contribution in [0, 0.1) is 0 Å². The van der Waals surface area contributed by atoms with Crippen molar-refractivity contribution in [1.82, 2.24) is 14.1 Å². The van der Waals surface area contributed by atoms with Crippen LogP contribution in [0.3, 0.4) is 0 Å². The number of aromatic amines is 1. The van der Waals surface area contributed by atoms with E-state index in [-0.39, 0.29) is 12.1 Å². The van der Waals surface area contributed by atoms with E-state index in [0.717, 1.165) is 11.3 Å². The number of hydrogen-bond acceptors (Lipinski definition) is 3. The van der Waals surface area contributed by atoms with E-state index in [0.29, 0.717) is 25.1 Å². The van der Waals surface area contributed by atoms with Gasteiger partial charge in [-0.3, -0.25) is 9.89 Å². The van der Waals surface area contributed by atoms with E-state index in [9.17, 15) is 13.2 Å². The Balaban J connectivity index is 1.91. The van der Waals surface area contributed by atoms with Gasteiger partial charge in [-0.2, -0.15) is 4.31 Å². The molecule has 1 aliphatic rings. The molecule has 0 amide bonds. The lowest BCUT2D eigenvalue weighted by Gasteiger charge is -2.23. The van der Waals surface area contributed by atoms with Crippen molar-refractivity contribution >= 4 is 10.0 Å². The molecule has 0 saturated heterocycles. The Labute approximate surface area is 123 Å². The third-order valence-electron chi connectivity index (χ3n) is 3.74. The monoisotopic (exact) mass is 307 g/mol. The molecule has 7 heteroatoms. The van der Waals surface area contributed by atoms with Gasteiger partial charge in [0.25, 0.3) is 5.56 Å². The van der Waals surface area contributed by atoms with Crippen molar-refractivity contribution in [2.45, 2.75) is 19.5 Å². The second-order valence-electron chi connectivity index (χ2n) is 5.29. The Morgan fingerprint density at radius 2 is 1.95 bits per heavy atom. The molecule has 0 atom stereocenters. The topological polar surface area (TPSA) is 75.2 Å². The van der Waals surface area contributed by atoms with Crippen LogP contribution in [0.4, 0.5) is 0 Å². The van der Waals surface area contributed by atoms with Crippen molar-refractivity contribution in [3.63, 3.8) is 0 Å². The summed E-state index contributed by atoms with van der Waals surface area (Å²) >= 11 is 0. The molecule has 112 valence electrons. The number of fused-ring (bicyclic) bond motifs is 1. The van der Waals surface area contributed by atoms with Crippen LogP contribution in [-0.4, -0.2) is 35.3 Å². The van der Waals surface area contributed by atoms with Gasteiger partial charge in [-0.25, -0.2) is 13.1 Å². The lowest BCUT2D eigenvalue weighted by molar-refractivity contribution is 0.392. The van der Waals surface area contributed by atoms with E-state index in [2.05, 4.69) is 5.10 Å². The highest BCUT2D eigenvalue weighted by atomic mass is 32.2. The average Bonchev–Trinajstić information content (AvgIpc) is 2.75. The highest BCUT2D eigenvalue weighted by Gasteiger charge is 2.27. The van der Waals surface area contributed by atoms with Crippen molar-refractivity contribution in [3.8, 4) is 0 Å². The normalized spacial score (nSPS) is 15.9. The molecule has 0 aliphatic carbocycles. The van der Waals surface area contributed by atoms with Gasteiger partial charge in [0, 0.05) is 25.2 Å². The number of nitrogens with zero attached hydrogens (tertiary/aromatic N) is 2. The molecule has 2 heterocycles. The summed E-state index contributed by atoms with van der Waals surface area (Å²) < 4.78 is 26.1. The summed E-state index contributed by atoms with van der Waals surface area (Å²) in [6.45, 7) is 1.04. The van der Waals surface area contributed by atoms with E-state index < -0.39 is 10.0 Å². The molecule has 1 aromatic carbocycles. The Morgan fingerprint density at radius 3 is 2.62 bits per heavy atom. The smallest absolute Gasteiger partial charge is 0.271 e. The van der Waals surface area contributed by atoms with Crippen LogP contribution in [-0.2, 0) is 29.5 Å². The number of hydrogen-bond donors (Lipinski definition) is 1. The highest BCUT2D eigenvalue weighted by Crippen LogP contribution is 2.16. The molecule has 0 spiro atoms. The van der Waals surface area contributed by atoms with Crippen LogP contribution < -0.4 is 5.56 Å². The molecule has 3 rings (SSSR count). The molecule has 21 heavy (non-hydrogen) atoms. The first-order valence-electron chi connectivity index (χ1n) is 6.75. The quantitative estimate of drug-likeness (QED) is 0.899. The lowest BCUT2D eigenvalue weighted by atomic mass is 10.1. The van der Waals surface area contributed by atoms with Crippen LogP contribution in [0.1, 0.15) is 16.8 Å². The van der Waals surface area contributed by atoms with Crippen LogP contribution in [0.25, 0.3) is 0 Å². The minimum absolute atomic E-state index is 0.137. The number of rotatable bonds is 3. The van der Waals surface area contributed by atoms with Crippen LogP contribution in [0.15, 0.2) is 35.1 Å². The van der Waals surface area contributed by atoms with Gasteiger partial charge < -0.3 is 0 Å². The Bertz CT molecular complexity index is 806. The van der Waals surface area contributed by atoms with Crippen LogP contribution in [0.2, 0.25) is 0 Å². The first-order chi connectivity index (χ1) is 9.95. The van der Waals surface area contributed by atoms with Crippen molar-refractivity contribution < 1.29 is 8.42 Å². The fraction of sp³-hybridized carbons (Fsp3) is 0.357. The minimum Gasteiger partial charge on any atom is -0.299 e. The first kappa shape index (κ1) is 14.1. The van der Waals surface area contributed by atoms with Gasteiger partial charge in [0.1, 0.15) is 0 Å². The third-order valence-corrected chi connectivity index (χ3v) is 4.99. The maximum absolute atomic E-state index is 12.4. The van der Waals surface area contributed by atoms with E-state index in [1.165, 1.54) is 10.6 Å². The zero-order valence-electron chi connectivity index (χ0n) is 11.7. The maximum Gasteiger partial charge on any atom is 0.271 e. The zero-order valence-corrected chi connectivity index (χ0v) is 12.6. The number of benzene rings is 1. The molecule has 0 unspecified atom stereocenters. The molecule has 1 N–H and O–H groups in total. The summed E-state index contributed by atoms with van der Waals surface area (Å²) in [4.78, 5) is 12.4. The molecular formula is C14H17N3O3S. The van der Waals surface area contributed by atoms with Crippen molar-refractivity contribution in [1.29, 1.82) is 0 Å². The molecule has 1 aliphatic heterocycles. The van der Waals surface area contributed by atoms with E-state index >= 15 is 0 Å². The predicted molar refractivity (Wildman–Crippen MR) is 79.6 cm³/mol. The summed E-state index contributed by atoms with van der Waals surface area (Å²) in [6.07, 6.45) is 1.71. The number of H-pyrrole nitrogens is 1. The van der Waals surface area contributed by atoms with Crippen molar-refractivity contribution in [3.05, 3.63) is 57.5 Å². The SMILES string of the molecule is CS(=O)(=O)N1CCc2[nH]n(Cc3ccccc3)c(=O)c2C1. The molecule has 0 fully saturated rings. The number of sulfonamides is 1. The van der Waals surface area contributed by atoms with Gasteiger partial charge in [-0.15, -0.1) is 0 Å². The number of aromatic nitrogens is 2.